The topological polar surface area (TPSA) is 70.5 Å². The van der Waals surface area contributed by atoms with Crippen LogP contribution in [0.15, 0.2) is 66.2 Å². The summed E-state index contributed by atoms with van der Waals surface area (Å²) in [5.41, 5.74) is 1.35. The van der Waals surface area contributed by atoms with Crippen molar-refractivity contribution in [2.24, 2.45) is 0 Å². The number of aliphatic hydroxyl groups excluding tert-OH is 1. The van der Waals surface area contributed by atoms with Crippen molar-refractivity contribution in [1.29, 1.82) is 0 Å². The van der Waals surface area contributed by atoms with Gasteiger partial charge in [-0.1, -0.05) is 63.8 Å². The summed E-state index contributed by atoms with van der Waals surface area (Å²) in [6, 6.07) is 15.2. The molecule has 34 heavy (non-hydrogen) atoms. The number of rotatable bonds is 3. The zero-order chi connectivity index (χ0) is 24.1. The van der Waals surface area contributed by atoms with Gasteiger partial charge in [-0.25, -0.2) is 4.98 Å². The minimum Gasteiger partial charge on any atom is -0.507 e. The number of nitrogens with zero attached hydrogens (tertiary/aromatic N) is 2. The van der Waals surface area contributed by atoms with E-state index < -0.39 is 17.7 Å². The molecule has 1 fully saturated rings. The lowest BCUT2D eigenvalue weighted by Gasteiger charge is -2.23. The summed E-state index contributed by atoms with van der Waals surface area (Å²) in [5, 5.41) is 13.0. The highest BCUT2D eigenvalue weighted by Gasteiger charge is 2.48. The van der Waals surface area contributed by atoms with Crippen LogP contribution in [0.2, 0.25) is 20.1 Å². The maximum absolute atomic E-state index is 13.3. The van der Waals surface area contributed by atoms with Crippen LogP contribution in [0.25, 0.3) is 16.0 Å². The van der Waals surface area contributed by atoms with E-state index in [1.54, 1.807) is 60.7 Å². The number of amides is 1. The number of hydrogen-bond donors (Lipinski definition) is 1. The molecule has 1 aromatic heterocycles. The van der Waals surface area contributed by atoms with Crippen molar-refractivity contribution in [2.45, 2.75) is 6.04 Å². The van der Waals surface area contributed by atoms with Crippen LogP contribution in [0.4, 0.5) is 5.13 Å². The normalized spacial score (nSPS) is 17.6. The third kappa shape index (κ3) is 3.96. The smallest absolute Gasteiger partial charge is 0.301 e. The Kier molecular flexibility index (Phi) is 6.04. The third-order valence-corrected chi connectivity index (χ3v) is 7.61. The van der Waals surface area contributed by atoms with Crippen LogP contribution in [0.1, 0.15) is 17.2 Å². The Morgan fingerprint density at radius 3 is 2.29 bits per heavy atom. The largest absolute Gasteiger partial charge is 0.507 e. The Bertz CT molecular complexity index is 1510. The molecule has 0 bridgehead atoms. The van der Waals surface area contributed by atoms with Gasteiger partial charge in [0.15, 0.2) is 5.13 Å². The van der Waals surface area contributed by atoms with Gasteiger partial charge in [0.1, 0.15) is 5.76 Å². The predicted molar refractivity (Wildman–Crippen MR) is 137 cm³/mol. The summed E-state index contributed by atoms with van der Waals surface area (Å²) in [4.78, 5) is 32.3. The second-order valence-corrected chi connectivity index (χ2v) is 10.2. The van der Waals surface area contributed by atoms with Crippen LogP contribution in [0.5, 0.6) is 0 Å². The molecule has 5 rings (SSSR count). The number of benzene rings is 3. The first kappa shape index (κ1) is 23.1. The predicted octanol–water partition coefficient (Wildman–Crippen LogP) is 7.54. The highest BCUT2D eigenvalue weighted by Crippen LogP contribution is 2.45. The average molecular weight is 550 g/mol. The second-order valence-electron chi connectivity index (χ2n) is 7.46. The van der Waals surface area contributed by atoms with Crippen LogP contribution in [-0.2, 0) is 9.59 Å². The number of thiazole rings is 1. The summed E-state index contributed by atoms with van der Waals surface area (Å²) in [7, 11) is 0. The molecule has 0 spiro atoms. The number of hydrogen-bond acceptors (Lipinski definition) is 5. The fourth-order valence-electron chi connectivity index (χ4n) is 3.78. The summed E-state index contributed by atoms with van der Waals surface area (Å²) in [5.74, 6) is -2.00. The molecule has 0 aliphatic carbocycles. The van der Waals surface area contributed by atoms with E-state index >= 15 is 0 Å². The molecule has 3 aromatic carbocycles. The number of Topliss-reactive ketones (excluding diaryl/α,β-unsaturated/α-hetero) is 1. The highest BCUT2D eigenvalue weighted by molar-refractivity contribution is 7.22. The standard InChI is InChI=1S/C24H12Cl4N2O3S/c25-13-4-1-11(2-5-13)21(31)19-20(12-3-7-15(27)16(28)9-12)30(23(33)22(19)32)24-29-17-8-6-14(26)10-18(17)34-24/h1-10,20,31H. The van der Waals surface area contributed by atoms with Crippen molar-refractivity contribution in [2.75, 3.05) is 4.90 Å². The molecule has 0 radical (unpaired) electrons. The Morgan fingerprint density at radius 2 is 1.59 bits per heavy atom. The SMILES string of the molecule is O=C1C(=O)N(c2nc3ccc(Cl)cc3s2)C(c2ccc(Cl)c(Cl)c2)C1=C(O)c1ccc(Cl)cc1. The Morgan fingerprint density at radius 1 is 0.882 bits per heavy atom. The zero-order valence-corrected chi connectivity index (χ0v) is 20.8. The van der Waals surface area contributed by atoms with Crippen LogP contribution in [-0.4, -0.2) is 21.8 Å². The quantitative estimate of drug-likeness (QED) is 0.163. The highest BCUT2D eigenvalue weighted by atomic mass is 35.5. The minimum atomic E-state index is -0.985. The van der Waals surface area contributed by atoms with E-state index in [4.69, 9.17) is 46.4 Å². The van der Waals surface area contributed by atoms with Gasteiger partial charge < -0.3 is 5.11 Å². The van der Waals surface area contributed by atoms with Gasteiger partial charge in [0.25, 0.3) is 5.78 Å². The van der Waals surface area contributed by atoms with Crippen molar-refractivity contribution in [1.82, 2.24) is 4.98 Å². The molecule has 1 N–H and O–H groups in total. The first-order valence-corrected chi connectivity index (χ1v) is 12.2. The van der Waals surface area contributed by atoms with Gasteiger partial charge in [0.2, 0.25) is 0 Å². The van der Waals surface area contributed by atoms with Crippen molar-refractivity contribution in [3.8, 4) is 0 Å². The van der Waals surface area contributed by atoms with E-state index in [0.717, 1.165) is 4.70 Å². The molecule has 1 unspecified atom stereocenters. The molecule has 5 nitrogen and oxygen atoms in total. The van der Waals surface area contributed by atoms with Gasteiger partial charge >= 0.3 is 5.91 Å². The lowest BCUT2D eigenvalue weighted by atomic mass is 9.95. The molecule has 10 heteroatoms. The van der Waals surface area contributed by atoms with Crippen LogP contribution >= 0.6 is 57.7 Å². The van der Waals surface area contributed by atoms with Crippen LogP contribution in [0, 0.1) is 0 Å². The number of ketones is 1. The minimum absolute atomic E-state index is 0.0944. The summed E-state index contributed by atoms with van der Waals surface area (Å²) in [6.07, 6.45) is 0. The van der Waals surface area contributed by atoms with E-state index in [-0.39, 0.29) is 21.5 Å². The number of aliphatic hydroxyl groups is 1. The van der Waals surface area contributed by atoms with Crippen LogP contribution in [0.3, 0.4) is 0 Å². The Labute approximate surface area is 217 Å². The Balaban J connectivity index is 1.74. The van der Waals surface area contributed by atoms with E-state index in [1.807, 2.05) is 0 Å². The zero-order valence-electron chi connectivity index (χ0n) is 16.9. The molecular weight excluding hydrogens is 538 g/mol. The van der Waals surface area contributed by atoms with Crippen molar-refractivity contribution in [3.63, 3.8) is 0 Å². The summed E-state index contributed by atoms with van der Waals surface area (Å²) < 4.78 is 0.745. The van der Waals surface area contributed by atoms with Crippen molar-refractivity contribution >= 4 is 90.5 Å². The lowest BCUT2D eigenvalue weighted by molar-refractivity contribution is -0.132. The average Bonchev–Trinajstić information content (AvgIpc) is 3.33. The maximum Gasteiger partial charge on any atom is 0.301 e. The molecule has 4 aromatic rings. The molecule has 1 atom stereocenters. The number of aromatic nitrogens is 1. The molecule has 170 valence electrons. The van der Waals surface area contributed by atoms with Crippen LogP contribution < -0.4 is 4.90 Å². The molecule has 1 aliphatic heterocycles. The number of carbonyl (C=O) groups is 2. The van der Waals surface area contributed by atoms with Gasteiger partial charge in [-0.3, -0.25) is 14.5 Å². The van der Waals surface area contributed by atoms with E-state index in [0.29, 0.717) is 31.7 Å². The summed E-state index contributed by atoms with van der Waals surface area (Å²) in [6.45, 7) is 0. The molecule has 1 aliphatic rings. The molecular formula is C24H12Cl4N2O3S. The first-order valence-electron chi connectivity index (χ1n) is 9.82. The van der Waals surface area contributed by atoms with Gasteiger partial charge in [-0.2, -0.15) is 0 Å². The number of anilines is 1. The second kappa shape index (κ2) is 8.87. The van der Waals surface area contributed by atoms with E-state index in [1.165, 1.54) is 16.2 Å². The number of carbonyl (C=O) groups excluding carboxylic acids is 2. The molecule has 1 amide bonds. The van der Waals surface area contributed by atoms with Gasteiger partial charge in [-0.05, 0) is 60.2 Å². The number of fused-ring (bicyclic) bond motifs is 1. The molecule has 0 saturated carbocycles. The fourth-order valence-corrected chi connectivity index (χ4v) is 5.48. The molecule has 1 saturated heterocycles. The van der Waals surface area contributed by atoms with Gasteiger partial charge in [0, 0.05) is 15.6 Å². The summed E-state index contributed by atoms with van der Waals surface area (Å²) >= 11 is 25.6. The van der Waals surface area contributed by atoms with E-state index in [9.17, 15) is 14.7 Å². The monoisotopic (exact) mass is 548 g/mol. The Hall–Kier alpha value is -2.61. The van der Waals surface area contributed by atoms with Gasteiger partial charge in [-0.15, -0.1) is 0 Å². The first-order chi connectivity index (χ1) is 16.2. The van der Waals surface area contributed by atoms with E-state index in [2.05, 4.69) is 4.98 Å². The third-order valence-electron chi connectivity index (χ3n) is 5.37. The molecule has 2 heterocycles. The maximum atomic E-state index is 13.3. The van der Waals surface area contributed by atoms with Crippen molar-refractivity contribution in [3.05, 3.63) is 97.5 Å². The van der Waals surface area contributed by atoms with Gasteiger partial charge in [0.05, 0.1) is 31.9 Å². The fraction of sp³-hybridized carbons (Fsp3) is 0.0417. The lowest BCUT2D eigenvalue weighted by Crippen LogP contribution is -2.29. The number of halogens is 4. The van der Waals surface area contributed by atoms with Crippen molar-refractivity contribution < 1.29 is 14.7 Å².